The van der Waals surface area contributed by atoms with E-state index in [4.69, 9.17) is 11.6 Å². The van der Waals surface area contributed by atoms with E-state index in [1.54, 1.807) is 6.20 Å². The van der Waals surface area contributed by atoms with E-state index in [0.717, 1.165) is 22.1 Å². The zero-order valence-corrected chi connectivity index (χ0v) is 15.0. The Morgan fingerprint density at radius 2 is 1.96 bits per heavy atom. The van der Waals surface area contributed by atoms with Crippen molar-refractivity contribution in [1.29, 1.82) is 0 Å². The maximum Gasteiger partial charge on any atom is 0.125 e. The van der Waals surface area contributed by atoms with Crippen LogP contribution in [-0.4, -0.2) is 38.9 Å². The number of halogens is 1. The van der Waals surface area contributed by atoms with Gasteiger partial charge in [0.2, 0.25) is 0 Å². The molecule has 5 nitrogen and oxygen atoms in total. The maximum absolute atomic E-state index is 10.3. The van der Waals surface area contributed by atoms with Gasteiger partial charge in [-0.3, -0.25) is 0 Å². The molecule has 0 bridgehead atoms. The smallest absolute Gasteiger partial charge is 0.125 e. The standard InChI is InChI=1S/C19H24ClN3O2/c1-12-21-7-6-15(23-12)8-16-17(11-24)19(25)9-18(16)22-10-13-2-4-14(20)5-3-13/h2-7,16-19,22,24-25H,8-11H2,1H3/t16-,17-,18-,19-/m1/s1. The summed E-state index contributed by atoms with van der Waals surface area (Å²) in [5.74, 6) is 0.724. The molecule has 0 saturated heterocycles. The van der Waals surface area contributed by atoms with Crippen molar-refractivity contribution in [3.63, 3.8) is 0 Å². The van der Waals surface area contributed by atoms with E-state index in [-0.39, 0.29) is 24.5 Å². The summed E-state index contributed by atoms with van der Waals surface area (Å²) < 4.78 is 0. The van der Waals surface area contributed by atoms with Crippen LogP contribution in [0.1, 0.15) is 23.5 Å². The first-order chi connectivity index (χ1) is 12.1. The molecular formula is C19H24ClN3O2. The average molecular weight is 362 g/mol. The summed E-state index contributed by atoms with van der Waals surface area (Å²) in [4.78, 5) is 8.61. The molecule has 1 heterocycles. The summed E-state index contributed by atoms with van der Waals surface area (Å²) in [6.45, 7) is 2.55. The van der Waals surface area contributed by atoms with Gasteiger partial charge in [-0.25, -0.2) is 9.97 Å². The number of nitrogens with zero attached hydrogens (tertiary/aromatic N) is 2. The highest BCUT2D eigenvalue weighted by molar-refractivity contribution is 6.30. The minimum atomic E-state index is -0.499. The van der Waals surface area contributed by atoms with E-state index >= 15 is 0 Å². The Kier molecular flexibility index (Phi) is 6.02. The second kappa shape index (κ2) is 8.23. The van der Waals surface area contributed by atoms with Crippen LogP contribution in [-0.2, 0) is 13.0 Å². The number of nitrogens with one attached hydrogen (secondary N) is 1. The minimum Gasteiger partial charge on any atom is -0.396 e. The van der Waals surface area contributed by atoms with Crippen LogP contribution in [0.4, 0.5) is 0 Å². The van der Waals surface area contributed by atoms with Crippen LogP contribution in [0.5, 0.6) is 0 Å². The lowest BCUT2D eigenvalue weighted by atomic mass is 9.88. The van der Waals surface area contributed by atoms with E-state index < -0.39 is 6.10 Å². The zero-order chi connectivity index (χ0) is 17.8. The van der Waals surface area contributed by atoms with Crippen molar-refractivity contribution < 1.29 is 10.2 Å². The molecule has 1 aliphatic rings. The van der Waals surface area contributed by atoms with Gasteiger partial charge in [0.25, 0.3) is 0 Å². The fourth-order valence-electron chi connectivity index (χ4n) is 3.69. The predicted molar refractivity (Wildman–Crippen MR) is 97.2 cm³/mol. The third kappa shape index (κ3) is 4.55. The van der Waals surface area contributed by atoms with Gasteiger partial charge in [-0.15, -0.1) is 0 Å². The molecule has 134 valence electrons. The van der Waals surface area contributed by atoms with E-state index in [0.29, 0.717) is 19.4 Å². The van der Waals surface area contributed by atoms with Crippen molar-refractivity contribution in [3.8, 4) is 0 Å². The molecule has 2 aromatic rings. The van der Waals surface area contributed by atoms with Crippen molar-refractivity contribution >= 4 is 11.6 Å². The van der Waals surface area contributed by atoms with Gasteiger partial charge in [0.05, 0.1) is 6.10 Å². The normalized spacial score (nSPS) is 26.1. The molecular weight excluding hydrogens is 338 g/mol. The first kappa shape index (κ1) is 18.3. The highest BCUT2D eigenvalue weighted by Gasteiger charge is 2.41. The summed E-state index contributed by atoms with van der Waals surface area (Å²) >= 11 is 5.93. The third-order valence-electron chi connectivity index (χ3n) is 5.03. The Hall–Kier alpha value is -1.53. The van der Waals surface area contributed by atoms with Crippen LogP contribution in [0.3, 0.4) is 0 Å². The van der Waals surface area contributed by atoms with Crippen molar-refractivity contribution in [3.05, 3.63) is 58.6 Å². The average Bonchev–Trinajstić information content (AvgIpc) is 2.89. The van der Waals surface area contributed by atoms with Crippen LogP contribution in [0.2, 0.25) is 5.02 Å². The minimum absolute atomic E-state index is 0.0188. The molecule has 1 aliphatic carbocycles. The molecule has 1 aromatic carbocycles. The number of hydrogen-bond acceptors (Lipinski definition) is 5. The van der Waals surface area contributed by atoms with Gasteiger partial charge >= 0.3 is 0 Å². The third-order valence-corrected chi connectivity index (χ3v) is 5.28. The number of aryl methyl sites for hydroxylation is 1. The Morgan fingerprint density at radius 1 is 1.20 bits per heavy atom. The Labute approximate surface area is 153 Å². The SMILES string of the molecule is Cc1nccc(C[C@@H]2[C@@H](CO)[C@H](O)C[C@H]2NCc2ccc(Cl)cc2)n1. The summed E-state index contributed by atoms with van der Waals surface area (Å²) in [6, 6.07) is 9.76. The topological polar surface area (TPSA) is 78.3 Å². The number of rotatable bonds is 6. The maximum atomic E-state index is 10.3. The second-order valence-electron chi connectivity index (χ2n) is 6.73. The molecule has 0 unspecified atom stereocenters. The summed E-state index contributed by atoms with van der Waals surface area (Å²) in [7, 11) is 0. The van der Waals surface area contributed by atoms with E-state index in [1.165, 1.54) is 0 Å². The molecule has 4 atom stereocenters. The summed E-state index contributed by atoms with van der Waals surface area (Å²) in [6.07, 6.45) is 2.60. The largest absolute Gasteiger partial charge is 0.396 e. The molecule has 0 aliphatic heterocycles. The highest BCUT2D eigenvalue weighted by atomic mass is 35.5. The second-order valence-corrected chi connectivity index (χ2v) is 7.16. The number of aliphatic hydroxyl groups is 2. The molecule has 0 amide bonds. The summed E-state index contributed by atoms with van der Waals surface area (Å²) in [5, 5.41) is 24.3. The van der Waals surface area contributed by atoms with E-state index in [1.807, 2.05) is 37.3 Å². The van der Waals surface area contributed by atoms with Gasteiger partial charge in [0.15, 0.2) is 0 Å². The molecule has 25 heavy (non-hydrogen) atoms. The molecule has 3 rings (SSSR count). The van der Waals surface area contributed by atoms with Crippen molar-refractivity contribution in [2.75, 3.05) is 6.61 Å². The van der Waals surface area contributed by atoms with Crippen LogP contribution in [0.15, 0.2) is 36.5 Å². The molecule has 1 saturated carbocycles. The van der Waals surface area contributed by atoms with Gasteiger partial charge in [-0.05, 0) is 49.4 Å². The fourth-order valence-corrected chi connectivity index (χ4v) is 3.82. The number of aliphatic hydroxyl groups excluding tert-OH is 2. The first-order valence-corrected chi connectivity index (χ1v) is 9.00. The monoisotopic (exact) mass is 361 g/mol. The molecule has 1 fully saturated rings. The first-order valence-electron chi connectivity index (χ1n) is 8.62. The van der Waals surface area contributed by atoms with Crippen LogP contribution in [0, 0.1) is 18.8 Å². The van der Waals surface area contributed by atoms with Gasteiger partial charge in [0, 0.05) is 42.0 Å². The molecule has 3 N–H and O–H groups in total. The molecule has 0 spiro atoms. The number of aromatic nitrogens is 2. The fraction of sp³-hybridized carbons (Fsp3) is 0.474. The lowest BCUT2D eigenvalue weighted by Gasteiger charge is -2.25. The van der Waals surface area contributed by atoms with E-state index in [9.17, 15) is 10.2 Å². The van der Waals surface area contributed by atoms with Crippen molar-refractivity contribution in [2.45, 2.75) is 38.5 Å². The number of benzene rings is 1. The van der Waals surface area contributed by atoms with Crippen LogP contribution >= 0.6 is 11.6 Å². The molecule has 6 heteroatoms. The highest BCUT2D eigenvalue weighted by Crippen LogP contribution is 2.34. The van der Waals surface area contributed by atoms with Gasteiger partial charge in [0.1, 0.15) is 5.82 Å². The quantitative estimate of drug-likeness (QED) is 0.734. The predicted octanol–water partition coefficient (Wildman–Crippen LogP) is 2.13. The zero-order valence-electron chi connectivity index (χ0n) is 14.3. The Morgan fingerprint density at radius 3 is 2.64 bits per heavy atom. The number of hydrogen-bond donors (Lipinski definition) is 3. The lowest BCUT2D eigenvalue weighted by molar-refractivity contribution is 0.0716. The van der Waals surface area contributed by atoms with Crippen molar-refractivity contribution in [1.82, 2.24) is 15.3 Å². The van der Waals surface area contributed by atoms with E-state index in [2.05, 4.69) is 15.3 Å². The van der Waals surface area contributed by atoms with Crippen molar-refractivity contribution in [2.24, 2.45) is 11.8 Å². The van der Waals surface area contributed by atoms with Gasteiger partial charge in [-0.2, -0.15) is 0 Å². The van der Waals surface area contributed by atoms with Gasteiger partial charge in [-0.1, -0.05) is 23.7 Å². The Bertz CT molecular complexity index is 695. The summed E-state index contributed by atoms with van der Waals surface area (Å²) in [5.41, 5.74) is 2.09. The van der Waals surface area contributed by atoms with Crippen LogP contribution < -0.4 is 5.32 Å². The lowest BCUT2D eigenvalue weighted by Crippen LogP contribution is -2.36. The van der Waals surface area contributed by atoms with Gasteiger partial charge < -0.3 is 15.5 Å². The Balaban J connectivity index is 1.70. The molecule has 1 aromatic heterocycles. The van der Waals surface area contributed by atoms with Crippen LogP contribution in [0.25, 0.3) is 0 Å². The molecule has 0 radical (unpaired) electrons.